The number of para-hydroxylation sites is 1. The molecule has 0 unspecified atom stereocenters. The molecule has 0 bridgehead atoms. The lowest BCUT2D eigenvalue weighted by molar-refractivity contribution is 0.0368. The number of ether oxygens (including phenoxy) is 2. The Morgan fingerprint density at radius 1 is 1.19 bits per heavy atom. The zero-order valence-electron chi connectivity index (χ0n) is 13.5. The van der Waals surface area contributed by atoms with Crippen molar-refractivity contribution in [2.24, 2.45) is 0 Å². The van der Waals surface area contributed by atoms with E-state index in [1.54, 1.807) is 0 Å². The first-order chi connectivity index (χ1) is 10.3. The van der Waals surface area contributed by atoms with E-state index in [0.717, 1.165) is 51.5 Å². The van der Waals surface area contributed by atoms with E-state index in [4.69, 9.17) is 9.47 Å². The maximum atomic E-state index is 6.01. The molecule has 0 aromatic heterocycles. The third-order valence-corrected chi connectivity index (χ3v) is 4.29. The molecule has 1 aromatic carbocycles. The SMILES string of the molecule is CC[C@@H](C)c1ccccc1OCCCCN1CCOCC1. The zero-order valence-corrected chi connectivity index (χ0v) is 13.5. The summed E-state index contributed by atoms with van der Waals surface area (Å²) in [6.45, 7) is 10.4. The van der Waals surface area contributed by atoms with Gasteiger partial charge in [-0.3, -0.25) is 4.90 Å². The zero-order chi connectivity index (χ0) is 14.9. The Kier molecular flexibility index (Phi) is 7.04. The van der Waals surface area contributed by atoms with Gasteiger partial charge in [-0.15, -0.1) is 0 Å². The van der Waals surface area contributed by atoms with Gasteiger partial charge in [0.25, 0.3) is 0 Å². The Morgan fingerprint density at radius 3 is 2.71 bits per heavy atom. The molecule has 0 amide bonds. The molecule has 0 N–H and O–H groups in total. The minimum Gasteiger partial charge on any atom is -0.493 e. The molecule has 0 saturated carbocycles. The summed E-state index contributed by atoms with van der Waals surface area (Å²) >= 11 is 0. The molecule has 1 aromatic rings. The van der Waals surface area contributed by atoms with Gasteiger partial charge in [0.15, 0.2) is 0 Å². The lowest BCUT2D eigenvalue weighted by Gasteiger charge is -2.26. The Morgan fingerprint density at radius 2 is 1.95 bits per heavy atom. The van der Waals surface area contributed by atoms with Gasteiger partial charge in [-0.2, -0.15) is 0 Å². The Balaban J connectivity index is 1.68. The highest BCUT2D eigenvalue weighted by atomic mass is 16.5. The van der Waals surface area contributed by atoms with Crippen molar-refractivity contribution in [3.8, 4) is 5.75 Å². The monoisotopic (exact) mass is 291 g/mol. The molecular formula is C18H29NO2. The summed E-state index contributed by atoms with van der Waals surface area (Å²) in [5.74, 6) is 1.63. The van der Waals surface area contributed by atoms with Crippen molar-refractivity contribution in [1.82, 2.24) is 4.90 Å². The van der Waals surface area contributed by atoms with Gasteiger partial charge in [0.05, 0.1) is 19.8 Å². The Bertz CT molecular complexity index is 402. The minimum absolute atomic E-state index is 0.564. The van der Waals surface area contributed by atoms with Gasteiger partial charge in [-0.25, -0.2) is 0 Å². The first-order valence-corrected chi connectivity index (χ1v) is 8.33. The van der Waals surface area contributed by atoms with Crippen LogP contribution >= 0.6 is 0 Å². The number of hydrogen-bond donors (Lipinski definition) is 0. The van der Waals surface area contributed by atoms with E-state index in [9.17, 15) is 0 Å². The molecule has 1 atom stereocenters. The molecule has 0 radical (unpaired) electrons. The number of benzene rings is 1. The summed E-state index contributed by atoms with van der Waals surface area (Å²) < 4.78 is 11.4. The molecule has 3 nitrogen and oxygen atoms in total. The van der Waals surface area contributed by atoms with Crippen molar-refractivity contribution >= 4 is 0 Å². The van der Waals surface area contributed by atoms with Gasteiger partial charge < -0.3 is 9.47 Å². The highest BCUT2D eigenvalue weighted by Crippen LogP contribution is 2.28. The molecule has 1 saturated heterocycles. The number of morpholine rings is 1. The van der Waals surface area contributed by atoms with E-state index < -0.39 is 0 Å². The molecule has 0 spiro atoms. The van der Waals surface area contributed by atoms with Gasteiger partial charge in [0, 0.05) is 13.1 Å². The lowest BCUT2D eigenvalue weighted by atomic mass is 9.98. The van der Waals surface area contributed by atoms with Gasteiger partial charge in [0.2, 0.25) is 0 Å². The predicted molar refractivity (Wildman–Crippen MR) is 87.1 cm³/mol. The number of hydrogen-bond acceptors (Lipinski definition) is 3. The first-order valence-electron chi connectivity index (χ1n) is 8.33. The molecule has 3 heteroatoms. The van der Waals surface area contributed by atoms with E-state index in [0.29, 0.717) is 5.92 Å². The third kappa shape index (κ3) is 5.33. The molecule has 1 aliphatic rings. The van der Waals surface area contributed by atoms with E-state index in [1.807, 2.05) is 0 Å². The van der Waals surface area contributed by atoms with Gasteiger partial charge in [0.1, 0.15) is 5.75 Å². The Labute approximate surface area is 129 Å². The molecule has 1 heterocycles. The van der Waals surface area contributed by atoms with Crippen LogP contribution in [0, 0.1) is 0 Å². The highest BCUT2D eigenvalue weighted by Gasteiger charge is 2.10. The van der Waals surface area contributed by atoms with Crippen LogP contribution in [0.3, 0.4) is 0 Å². The van der Waals surface area contributed by atoms with E-state index in [2.05, 4.69) is 43.0 Å². The van der Waals surface area contributed by atoms with Gasteiger partial charge in [-0.1, -0.05) is 32.0 Å². The Hall–Kier alpha value is -1.06. The standard InChI is InChI=1S/C18H29NO2/c1-3-16(2)17-8-4-5-9-18(17)21-13-7-6-10-19-11-14-20-15-12-19/h4-5,8-9,16H,3,6-7,10-15H2,1-2H3/t16-/m1/s1. The van der Waals surface area contributed by atoms with Crippen molar-refractivity contribution < 1.29 is 9.47 Å². The van der Waals surface area contributed by atoms with E-state index in [1.165, 1.54) is 18.5 Å². The molecule has 1 fully saturated rings. The van der Waals surface area contributed by atoms with Crippen LogP contribution in [-0.4, -0.2) is 44.4 Å². The van der Waals surface area contributed by atoms with Gasteiger partial charge >= 0.3 is 0 Å². The van der Waals surface area contributed by atoms with Crippen LogP contribution in [0.1, 0.15) is 44.6 Å². The van der Waals surface area contributed by atoms with Crippen LogP contribution in [0.25, 0.3) is 0 Å². The quantitative estimate of drug-likeness (QED) is 0.682. The number of unbranched alkanes of at least 4 members (excludes halogenated alkanes) is 1. The average molecular weight is 291 g/mol. The topological polar surface area (TPSA) is 21.7 Å². The first kappa shape index (κ1) is 16.3. The minimum atomic E-state index is 0.564. The largest absolute Gasteiger partial charge is 0.493 e. The third-order valence-electron chi connectivity index (χ3n) is 4.29. The highest BCUT2D eigenvalue weighted by molar-refractivity contribution is 5.35. The molecule has 1 aliphatic heterocycles. The van der Waals surface area contributed by atoms with Crippen molar-refractivity contribution in [1.29, 1.82) is 0 Å². The van der Waals surface area contributed by atoms with Crippen molar-refractivity contribution in [2.75, 3.05) is 39.5 Å². The second kappa shape index (κ2) is 9.06. The predicted octanol–water partition coefficient (Wildman–Crippen LogP) is 3.69. The summed E-state index contributed by atoms with van der Waals surface area (Å²) in [7, 11) is 0. The lowest BCUT2D eigenvalue weighted by Crippen LogP contribution is -2.36. The van der Waals surface area contributed by atoms with Crippen LogP contribution in [0.2, 0.25) is 0 Å². The summed E-state index contributed by atoms with van der Waals surface area (Å²) in [6, 6.07) is 8.46. The van der Waals surface area contributed by atoms with E-state index >= 15 is 0 Å². The smallest absolute Gasteiger partial charge is 0.122 e. The summed E-state index contributed by atoms with van der Waals surface area (Å²) in [5.41, 5.74) is 1.34. The van der Waals surface area contributed by atoms with Crippen LogP contribution in [0.15, 0.2) is 24.3 Å². The van der Waals surface area contributed by atoms with Crippen LogP contribution in [-0.2, 0) is 4.74 Å². The van der Waals surface area contributed by atoms with Crippen molar-refractivity contribution in [3.63, 3.8) is 0 Å². The summed E-state index contributed by atoms with van der Waals surface area (Å²) in [5, 5.41) is 0. The fourth-order valence-electron chi connectivity index (χ4n) is 2.68. The summed E-state index contributed by atoms with van der Waals surface area (Å²) in [4.78, 5) is 2.48. The summed E-state index contributed by atoms with van der Waals surface area (Å²) in [6.07, 6.45) is 3.47. The molecular weight excluding hydrogens is 262 g/mol. The fraction of sp³-hybridized carbons (Fsp3) is 0.667. The molecule has 21 heavy (non-hydrogen) atoms. The fourth-order valence-corrected chi connectivity index (χ4v) is 2.68. The van der Waals surface area contributed by atoms with E-state index in [-0.39, 0.29) is 0 Å². The molecule has 2 rings (SSSR count). The average Bonchev–Trinajstić information content (AvgIpc) is 2.55. The maximum Gasteiger partial charge on any atom is 0.122 e. The molecule has 0 aliphatic carbocycles. The number of rotatable bonds is 8. The van der Waals surface area contributed by atoms with Crippen LogP contribution in [0.4, 0.5) is 0 Å². The maximum absolute atomic E-state index is 6.01. The van der Waals surface area contributed by atoms with Crippen molar-refractivity contribution in [2.45, 2.75) is 39.0 Å². The van der Waals surface area contributed by atoms with Crippen LogP contribution < -0.4 is 4.74 Å². The second-order valence-corrected chi connectivity index (χ2v) is 5.86. The number of nitrogens with zero attached hydrogens (tertiary/aromatic N) is 1. The van der Waals surface area contributed by atoms with Crippen LogP contribution in [0.5, 0.6) is 5.75 Å². The normalized spacial score (nSPS) is 17.6. The second-order valence-electron chi connectivity index (χ2n) is 5.86. The van der Waals surface area contributed by atoms with Gasteiger partial charge in [-0.05, 0) is 43.4 Å². The molecule has 118 valence electrons. The van der Waals surface area contributed by atoms with Crippen molar-refractivity contribution in [3.05, 3.63) is 29.8 Å².